The van der Waals surface area contributed by atoms with Crippen molar-refractivity contribution in [3.8, 4) is 11.4 Å². The number of hydrogen-bond donors (Lipinski definition) is 1. The molecule has 9 heteroatoms. The molecule has 1 saturated heterocycles. The molecule has 1 aliphatic heterocycles. The number of nitrogens with zero attached hydrogens (tertiary/aromatic N) is 4. The number of amides is 1. The number of aromatic nitrogens is 3. The van der Waals surface area contributed by atoms with Crippen LogP contribution in [0.15, 0.2) is 35.7 Å². The highest BCUT2D eigenvalue weighted by Crippen LogP contribution is 2.26. The second-order valence-electron chi connectivity index (χ2n) is 7.13. The number of carbonyl (C=O) groups is 1. The molecular weight excluding hydrogens is 378 g/mol. The van der Waals surface area contributed by atoms with Crippen LogP contribution in [0.1, 0.15) is 13.8 Å². The van der Waals surface area contributed by atoms with E-state index in [0.29, 0.717) is 11.7 Å². The van der Waals surface area contributed by atoms with Gasteiger partial charge in [0, 0.05) is 25.2 Å². The summed E-state index contributed by atoms with van der Waals surface area (Å²) < 4.78 is 12.6. The first-order valence-electron chi connectivity index (χ1n) is 9.27. The predicted molar refractivity (Wildman–Crippen MR) is 108 cm³/mol. The lowest BCUT2D eigenvalue weighted by molar-refractivity contribution is -0.119. The topological polar surface area (TPSA) is 81.5 Å². The number of carbonyl (C=O) groups excluding carboxylic acids is 1. The van der Waals surface area contributed by atoms with Crippen molar-refractivity contribution in [2.75, 3.05) is 45.7 Å². The van der Waals surface area contributed by atoms with Crippen LogP contribution in [0.25, 0.3) is 5.69 Å². The van der Waals surface area contributed by atoms with E-state index in [1.165, 1.54) is 11.8 Å². The molecule has 1 aromatic carbocycles. The maximum absolute atomic E-state index is 12.4. The van der Waals surface area contributed by atoms with Crippen molar-refractivity contribution in [1.82, 2.24) is 25.0 Å². The van der Waals surface area contributed by atoms with Crippen LogP contribution in [-0.2, 0) is 9.53 Å². The summed E-state index contributed by atoms with van der Waals surface area (Å²) in [6.45, 7) is 8.14. The highest BCUT2D eigenvalue weighted by Gasteiger charge is 2.28. The molecular formula is C19H27N5O3S. The molecule has 152 valence electrons. The number of nitrogens with one attached hydrogen (secondary N) is 1. The lowest BCUT2D eigenvalue weighted by atomic mass is 10.0. The number of ether oxygens (including phenoxy) is 2. The fourth-order valence-corrected chi connectivity index (χ4v) is 3.85. The zero-order valence-electron chi connectivity index (χ0n) is 16.6. The molecule has 0 unspecified atom stereocenters. The van der Waals surface area contributed by atoms with Gasteiger partial charge in [0.2, 0.25) is 5.91 Å². The standard InChI is InChI=1S/C19H27N5O3S/c1-19(2,23-8-10-27-11-9-23)13-20-17(25)12-28-18-22-21-14-24(18)15-6-4-5-7-16(15)26-3/h4-7,14H,8-13H2,1-3H3,(H,20,25). The Hall–Kier alpha value is -2.10. The molecule has 1 aliphatic rings. The van der Waals surface area contributed by atoms with Gasteiger partial charge >= 0.3 is 0 Å². The van der Waals surface area contributed by atoms with Gasteiger partial charge in [-0.25, -0.2) is 0 Å². The second kappa shape index (κ2) is 9.40. The average molecular weight is 406 g/mol. The average Bonchev–Trinajstić information content (AvgIpc) is 3.20. The molecule has 1 N–H and O–H groups in total. The van der Waals surface area contributed by atoms with Gasteiger partial charge in [0.15, 0.2) is 5.16 Å². The number of morpholine rings is 1. The van der Waals surface area contributed by atoms with E-state index in [9.17, 15) is 4.79 Å². The quantitative estimate of drug-likeness (QED) is 0.668. The van der Waals surface area contributed by atoms with Crippen LogP contribution in [0.5, 0.6) is 5.75 Å². The van der Waals surface area contributed by atoms with E-state index < -0.39 is 0 Å². The Morgan fingerprint density at radius 3 is 2.82 bits per heavy atom. The summed E-state index contributed by atoms with van der Waals surface area (Å²) in [6.07, 6.45) is 1.62. The molecule has 1 aromatic heterocycles. The van der Waals surface area contributed by atoms with Crippen molar-refractivity contribution in [2.45, 2.75) is 24.5 Å². The molecule has 2 heterocycles. The third-order valence-corrected chi connectivity index (χ3v) is 5.72. The van der Waals surface area contributed by atoms with Crippen LogP contribution in [0.4, 0.5) is 0 Å². The Balaban J connectivity index is 1.55. The van der Waals surface area contributed by atoms with Crippen molar-refractivity contribution in [2.24, 2.45) is 0 Å². The van der Waals surface area contributed by atoms with E-state index in [4.69, 9.17) is 9.47 Å². The smallest absolute Gasteiger partial charge is 0.230 e. The molecule has 0 atom stereocenters. The Labute approximate surface area is 169 Å². The van der Waals surface area contributed by atoms with E-state index in [-0.39, 0.29) is 17.2 Å². The highest BCUT2D eigenvalue weighted by molar-refractivity contribution is 7.99. The zero-order valence-corrected chi connectivity index (χ0v) is 17.4. The monoisotopic (exact) mass is 405 g/mol. The highest BCUT2D eigenvalue weighted by atomic mass is 32.2. The van der Waals surface area contributed by atoms with Gasteiger partial charge in [0.25, 0.3) is 0 Å². The van der Waals surface area contributed by atoms with Gasteiger partial charge in [0.05, 0.1) is 31.8 Å². The minimum absolute atomic E-state index is 0.0269. The molecule has 3 rings (SSSR count). The van der Waals surface area contributed by atoms with Crippen molar-refractivity contribution < 1.29 is 14.3 Å². The minimum atomic E-state index is -0.110. The Morgan fingerprint density at radius 2 is 2.07 bits per heavy atom. The van der Waals surface area contributed by atoms with E-state index in [0.717, 1.165) is 37.7 Å². The SMILES string of the molecule is COc1ccccc1-n1cnnc1SCC(=O)NCC(C)(C)N1CCOCC1. The van der Waals surface area contributed by atoms with E-state index in [1.807, 2.05) is 28.8 Å². The van der Waals surface area contributed by atoms with Gasteiger partial charge in [-0.1, -0.05) is 23.9 Å². The van der Waals surface area contributed by atoms with Crippen LogP contribution in [0.2, 0.25) is 0 Å². The maximum Gasteiger partial charge on any atom is 0.230 e. The first-order chi connectivity index (χ1) is 13.5. The predicted octanol–water partition coefficient (Wildman–Crippen LogP) is 1.59. The van der Waals surface area contributed by atoms with Crippen LogP contribution < -0.4 is 10.1 Å². The number of hydrogen-bond acceptors (Lipinski definition) is 7. The summed E-state index contributed by atoms with van der Waals surface area (Å²) in [4.78, 5) is 14.7. The van der Waals surface area contributed by atoms with Crippen LogP contribution in [0, 0.1) is 0 Å². The Kier molecular flexibility index (Phi) is 6.93. The summed E-state index contributed by atoms with van der Waals surface area (Å²) in [6, 6.07) is 7.64. The summed E-state index contributed by atoms with van der Waals surface area (Å²) in [5, 5.41) is 11.8. The molecule has 2 aromatic rings. The van der Waals surface area contributed by atoms with Gasteiger partial charge in [-0.05, 0) is 26.0 Å². The van der Waals surface area contributed by atoms with Crippen molar-refractivity contribution in [3.05, 3.63) is 30.6 Å². The third kappa shape index (κ3) is 5.03. The molecule has 0 aliphatic carbocycles. The normalized spacial score (nSPS) is 15.4. The summed E-state index contributed by atoms with van der Waals surface area (Å²) >= 11 is 1.35. The van der Waals surface area contributed by atoms with E-state index in [2.05, 4.69) is 34.3 Å². The molecule has 0 spiro atoms. The number of methoxy groups -OCH3 is 1. The Morgan fingerprint density at radius 1 is 1.32 bits per heavy atom. The van der Waals surface area contributed by atoms with Crippen molar-refractivity contribution in [3.63, 3.8) is 0 Å². The lowest BCUT2D eigenvalue weighted by Gasteiger charge is -2.40. The largest absolute Gasteiger partial charge is 0.495 e. The van der Waals surface area contributed by atoms with Gasteiger partial charge in [0.1, 0.15) is 12.1 Å². The number of benzene rings is 1. The molecule has 1 amide bonds. The van der Waals surface area contributed by atoms with Gasteiger partial charge in [-0.15, -0.1) is 10.2 Å². The van der Waals surface area contributed by atoms with E-state index in [1.54, 1.807) is 13.4 Å². The van der Waals surface area contributed by atoms with Crippen molar-refractivity contribution in [1.29, 1.82) is 0 Å². The number of rotatable bonds is 8. The minimum Gasteiger partial charge on any atom is -0.495 e. The van der Waals surface area contributed by atoms with Crippen LogP contribution >= 0.6 is 11.8 Å². The fraction of sp³-hybridized carbons (Fsp3) is 0.526. The molecule has 0 radical (unpaired) electrons. The van der Waals surface area contributed by atoms with Gasteiger partial charge in [-0.3, -0.25) is 14.3 Å². The number of para-hydroxylation sites is 2. The van der Waals surface area contributed by atoms with Crippen LogP contribution in [-0.4, -0.2) is 76.8 Å². The van der Waals surface area contributed by atoms with E-state index >= 15 is 0 Å². The Bertz CT molecular complexity index is 789. The first-order valence-corrected chi connectivity index (χ1v) is 10.3. The summed E-state index contributed by atoms with van der Waals surface area (Å²) in [5.41, 5.74) is 0.730. The van der Waals surface area contributed by atoms with Crippen LogP contribution in [0.3, 0.4) is 0 Å². The lowest BCUT2D eigenvalue weighted by Crippen LogP contribution is -2.55. The van der Waals surface area contributed by atoms with Gasteiger partial charge < -0.3 is 14.8 Å². The molecule has 1 fully saturated rings. The summed E-state index contributed by atoms with van der Waals surface area (Å²) in [5.74, 6) is 0.967. The van der Waals surface area contributed by atoms with Gasteiger partial charge in [-0.2, -0.15) is 0 Å². The molecule has 0 bridgehead atoms. The molecule has 8 nitrogen and oxygen atoms in total. The fourth-order valence-electron chi connectivity index (χ4n) is 3.09. The van der Waals surface area contributed by atoms with Crippen molar-refractivity contribution >= 4 is 17.7 Å². The number of thioether (sulfide) groups is 1. The zero-order chi connectivity index (χ0) is 20.0. The third-order valence-electron chi connectivity index (χ3n) is 4.78. The second-order valence-corrected chi connectivity index (χ2v) is 8.08. The molecule has 28 heavy (non-hydrogen) atoms. The summed E-state index contributed by atoms with van der Waals surface area (Å²) in [7, 11) is 1.62. The molecule has 0 saturated carbocycles. The maximum atomic E-state index is 12.4. The first kappa shape index (κ1) is 20.6.